The van der Waals surface area contributed by atoms with Crippen molar-refractivity contribution >= 4 is 16.7 Å². The van der Waals surface area contributed by atoms with Gasteiger partial charge in [-0.15, -0.1) is 0 Å². The smallest absolute Gasteiger partial charge is 0.110 e. The Labute approximate surface area is 203 Å². The number of piperidine rings is 1. The van der Waals surface area contributed by atoms with E-state index in [4.69, 9.17) is 0 Å². The first-order valence-corrected chi connectivity index (χ1v) is 12.7. The predicted molar refractivity (Wildman–Crippen MR) is 142 cm³/mol. The number of para-hydroxylation sites is 1. The summed E-state index contributed by atoms with van der Waals surface area (Å²) in [6.45, 7) is 9.11. The Bertz CT molecular complexity index is 1310. The molecule has 0 spiro atoms. The fourth-order valence-corrected chi connectivity index (χ4v) is 6.29. The molecule has 2 aromatic heterocycles. The van der Waals surface area contributed by atoms with Crippen molar-refractivity contribution in [1.29, 1.82) is 0 Å². The summed E-state index contributed by atoms with van der Waals surface area (Å²) in [4.78, 5) is 6.23. The van der Waals surface area contributed by atoms with Crippen LogP contribution in [0.1, 0.15) is 49.8 Å². The number of anilines is 1. The lowest BCUT2D eigenvalue weighted by Crippen LogP contribution is -2.49. The van der Waals surface area contributed by atoms with Crippen LogP contribution in [0.5, 0.6) is 0 Å². The molecule has 34 heavy (non-hydrogen) atoms. The fraction of sp³-hybridized carbons (Fsp3) is 0.400. The number of likely N-dealkylation sites (tertiary alicyclic amines) is 1. The molecule has 0 radical (unpaired) electrons. The molecule has 2 aliphatic rings. The minimum absolute atomic E-state index is 0.146. The van der Waals surface area contributed by atoms with Crippen molar-refractivity contribution < 1.29 is 0 Å². The number of nitrogens with zero attached hydrogens (tertiary/aromatic N) is 2. The lowest BCUT2D eigenvalue weighted by atomic mass is 9.71. The third kappa shape index (κ3) is 3.65. The second kappa shape index (κ2) is 8.06. The van der Waals surface area contributed by atoms with Gasteiger partial charge in [-0.05, 0) is 78.2 Å². The summed E-state index contributed by atoms with van der Waals surface area (Å²) < 4.78 is 2.25. The molecule has 1 unspecified atom stereocenters. The maximum Gasteiger partial charge on any atom is 0.110 e. The van der Waals surface area contributed by atoms with Crippen LogP contribution >= 0.6 is 0 Å². The van der Waals surface area contributed by atoms with Crippen molar-refractivity contribution in [3.8, 4) is 5.69 Å². The van der Waals surface area contributed by atoms with Crippen LogP contribution in [0, 0.1) is 5.92 Å². The van der Waals surface area contributed by atoms with Crippen LogP contribution in [-0.4, -0.2) is 40.6 Å². The van der Waals surface area contributed by atoms with Crippen molar-refractivity contribution in [3.05, 3.63) is 83.7 Å². The lowest BCUT2D eigenvalue weighted by molar-refractivity contribution is 0.117. The molecule has 1 saturated heterocycles. The Morgan fingerprint density at radius 3 is 2.68 bits per heavy atom. The lowest BCUT2D eigenvalue weighted by Gasteiger charge is -2.46. The summed E-state index contributed by atoms with van der Waals surface area (Å²) in [6, 6.07) is 20.4. The molecule has 1 aliphatic carbocycles. The van der Waals surface area contributed by atoms with Crippen LogP contribution in [0.25, 0.3) is 16.6 Å². The van der Waals surface area contributed by atoms with Gasteiger partial charge < -0.3 is 19.8 Å². The van der Waals surface area contributed by atoms with E-state index in [0.29, 0.717) is 17.9 Å². The highest BCUT2D eigenvalue weighted by molar-refractivity contribution is 5.89. The van der Waals surface area contributed by atoms with E-state index in [0.717, 1.165) is 19.5 Å². The molecule has 4 heteroatoms. The summed E-state index contributed by atoms with van der Waals surface area (Å²) in [5.74, 6) is 2.36. The first-order valence-electron chi connectivity index (χ1n) is 12.7. The first kappa shape index (κ1) is 21.5. The summed E-state index contributed by atoms with van der Waals surface area (Å²) in [5, 5.41) is 5.28. The number of aromatic nitrogens is 2. The van der Waals surface area contributed by atoms with Crippen molar-refractivity contribution in [3.63, 3.8) is 0 Å². The van der Waals surface area contributed by atoms with Gasteiger partial charge >= 0.3 is 0 Å². The van der Waals surface area contributed by atoms with E-state index in [1.165, 1.54) is 40.0 Å². The third-order valence-corrected chi connectivity index (χ3v) is 8.11. The molecule has 6 rings (SSSR count). The van der Waals surface area contributed by atoms with Crippen LogP contribution in [0.15, 0.2) is 67.0 Å². The van der Waals surface area contributed by atoms with Gasteiger partial charge in [-0.3, -0.25) is 0 Å². The second-order valence-corrected chi connectivity index (χ2v) is 11.5. The molecule has 0 amide bonds. The molecule has 4 nitrogen and oxygen atoms in total. The predicted octanol–water partition coefficient (Wildman–Crippen LogP) is 6.33. The summed E-state index contributed by atoms with van der Waals surface area (Å²) >= 11 is 0. The SMILES string of the molecule is CN1CC(CNc2cccn2-c2ccccc2)C[C@@H]2c3cc(C(C)(C)C)cc4[nH]cc(c34)C[C@H]21. The zero-order chi connectivity index (χ0) is 23.4. The van der Waals surface area contributed by atoms with Crippen LogP contribution in [0.3, 0.4) is 0 Å². The van der Waals surface area contributed by atoms with E-state index >= 15 is 0 Å². The van der Waals surface area contributed by atoms with Gasteiger partial charge in [0.05, 0.1) is 0 Å². The number of rotatable bonds is 4. The highest BCUT2D eigenvalue weighted by Gasteiger charge is 2.40. The minimum Gasteiger partial charge on any atom is -0.371 e. The average molecular weight is 453 g/mol. The van der Waals surface area contributed by atoms with Crippen molar-refractivity contribution in [2.24, 2.45) is 5.92 Å². The number of hydrogen-bond donors (Lipinski definition) is 2. The van der Waals surface area contributed by atoms with Crippen LogP contribution in [-0.2, 0) is 11.8 Å². The largest absolute Gasteiger partial charge is 0.371 e. The number of hydrogen-bond acceptors (Lipinski definition) is 2. The van der Waals surface area contributed by atoms with Gasteiger partial charge in [-0.25, -0.2) is 0 Å². The van der Waals surface area contributed by atoms with E-state index in [2.05, 4.69) is 115 Å². The Balaban J connectivity index is 1.27. The Kier molecular flexibility index (Phi) is 5.11. The van der Waals surface area contributed by atoms with Gasteiger partial charge in [-0.1, -0.05) is 45.0 Å². The molecule has 1 aliphatic heterocycles. The van der Waals surface area contributed by atoms with Gasteiger partial charge in [0.15, 0.2) is 0 Å². The van der Waals surface area contributed by atoms with E-state index in [1.807, 2.05) is 0 Å². The third-order valence-electron chi connectivity index (χ3n) is 8.11. The first-order chi connectivity index (χ1) is 16.4. The molecule has 1 fully saturated rings. The Morgan fingerprint density at radius 2 is 1.88 bits per heavy atom. The molecule has 2 aromatic carbocycles. The van der Waals surface area contributed by atoms with Gasteiger partial charge in [0.2, 0.25) is 0 Å². The fourth-order valence-electron chi connectivity index (χ4n) is 6.29. The number of likely N-dealkylation sites (N-methyl/N-ethyl adjacent to an activating group) is 1. The topological polar surface area (TPSA) is 36.0 Å². The number of benzene rings is 2. The zero-order valence-corrected chi connectivity index (χ0v) is 20.8. The van der Waals surface area contributed by atoms with Gasteiger partial charge in [0.1, 0.15) is 5.82 Å². The van der Waals surface area contributed by atoms with E-state index in [-0.39, 0.29) is 5.41 Å². The van der Waals surface area contributed by atoms with Crippen molar-refractivity contribution in [2.45, 2.75) is 51.0 Å². The van der Waals surface area contributed by atoms with Crippen LogP contribution < -0.4 is 5.32 Å². The van der Waals surface area contributed by atoms with Gasteiger partial charge in [-0.2, -0.15) is 0 Å². The normalized spacial score (nSPS) is 22.6. The van der Waals surface area contributed by atoms with E-state index < -0.39 is 0 Å². The van der Waals surface area contributed by atoms with Gasteiger partial charge in [0, 0.05) is 54.0 Å². The quantitative estimate of drug-likeness (QED) is 0.380. The molecule has 4 aromatic rings. The zero-order valence-electron chi connectivity index (χ0n) is 20.8. The molecule has 3 atom stereocenters. The van der Waals surface area contributed by atoms with E-state index in [1.54, 1.807) is 5.56 Å². The molecule has 2 N–H and O–H groups in total. The standard InChI is InChI=1S/C30H36N4/c1-30(2,3)22-15-25-24-13-20(17-32-28-11-8-12-34(28)23-9-6-5-7-10-23)19-33(4)27(24)14-21-18-31-26(16-22)29(21)25/h5-12,15-16,18,20,24,27,31-32H,13-14,17,19H2,1-4H3/t20?,24-,27-/m1/s1. The van der Waals surface area contributed by atoms with Crippen LogP contribution in [0.2, 0.25) is 0 Å². The maximum absolute atomic E-state index is 3.78. The highest BCUT2D eigenvalue weighted by atomic mass is 15.2. The van der Waals surface area contributed by atoms with E-state index in [9.17, 15) is 0 Å². The van der Waals surface area contributed by atoms with Crippen LogP contribution in [0.4, 0.5) is 5.82 Å². The van der Waals surface area contributed by atoms with Crippen molar-refractivity contribution in [2.75, 3.05) is 25.5 Å². The number of aromatic amines is 1. The van der Waals surface area contributed by atoms with Crippen molar-refractivity contribution in [1.82, 2.24) is 14.5 Å². The Morgan fingerprint density at radius 1 is 1.06 bits per heavy atom. The molecular weight excluding hydrogens is 416 g/mol. The second-order valence-electron chi connectivity index (χ2n) is 11.5. The number of H-pyrrole nitrogens is 1. The monoisotopic (exact) mass is 452 g/mol. The molecule has 176 valence electrons. The minimum atomic E-state index is 0.146. The number of fused-ring (bicyclic) bond motifs is 2. The maximum atomic E-state index is 3.78. The average Bonchev–Trinajstić information content (AvgIpc) is 3.46. The molecule has 3 heterocycles. The molecular formula is C30H36N4. The number of nitrogens with one attached hydrogen (secondary N) is 2. The Hall–Kier alpha value is -2.98. The molecule has 0 bridgehead atoms. The molecule has 0 saturated carbocycles. The summed E-state index contributed by atoms with van der Waals surface area (Å²) in [7, 11) is 2.33. The summed E-state index contributed by atoms with van der Waals surface area (Å²) in [5.41, 5.74) is 7.17. The summed E-state index contributed by atoms with van der Waals surface area (Å²) in [6.07, 6.45) is 6.79. The highest BCUT2D eigenvalue weighted by Crippen LogP contribution is 2.46. The van der Waals surface area contributed by atoms with Gasteiger partial charge in [0.25, 0.3) is 0 Å².